The molecule has 0 fully saturated rings. The van der Waals surface area contributed by atoms with Crippen LogP contribution in [0.2, 0.25) is 0 Å². The summed E-state index contributed by atoms with van der Waals surface area (Å²) < 4.78 is 0.731. The van der Waals surface area contributed by atoms with Crippen LogP contribution in [0.4, 0.5) is 17.5 Å². The summed E-state index contributed by atoms with van der Waals surface area (Å²) in [6, 6.07) is 3.58. The van der Waals surface area contributed by atoms with Gasteiger partial charge in [-0.2, -0.15) is 9.97 Å². The van der Waals surface area contributed by atoms with Crippen LogP contribution < -0.4 is 21.7 Å². The summed E-state index contributed by atoms with van der Waals surface area (Å²) in [6.45, 7) is 0.366. The fourth-order valence-corrected chi connectivity index (χ4v) is 4.04. The number of nitrogens with zero attached hydrogens (tertiary/aromatic N) is 5. The van der Waals surface area contributed by atoms with Crippen LogP contribution in [-0.2, 0) is 16.1 Å². The summed E-state index contributed by atoms with van der Waals surface area (Å²) >= 11 is 2.07. The van der Waals surface area contributed by atoms with Crippen LogP contribution in [0, 0.1) is 3.57 Å². The minimum absolute atomic E-state index is 0.0133. The molecule has 178 valence electrons. The molecule has 0 saturated carbocycles. The first kappa shape index (κ1) is 24.8. The quantitative estimate of drug-likeness (QED) is 0.223. The number of carboxylic acid groups (broad SMARTS) is 2. The summed E-state index contributed by atoms with van der Waals surface area (Å²) in [5.74, 6) is -2.91. The largest absolute Gasteiger partial charge is 0.481 e. The van der Waals surface area contributed by atoms with E-state index in [4.69, 9.17) is 16.6 Å². The molecule has 1 unspecified atom stereocenters. The van der Waals surface area contributed by atoms with Crippen molar-refractivity contribution in [3.8, 4) is 0 Å². The molecule has 14 heteroatoms. The lowest BCUT2D eigenvalue weighted by Gasteiger charge is -2.21. The van der Waals surface area contributed by atoms with Gasteiger partial charge in [-0.3, -0.25) is 9.59 Å². The van der Waals surface area contributed by atoms with E-state index >= 15 is 0 Å². The van der Waals surface area contributed by atoms with E-state index in [0.29, 0.717) is 23.4 Å². The third-order valence-electron chi connectivity index (χ3n) is 4.77. The normalized spacial score (nSPS) is 11.7. The number of halogens is 1. The minimum Gasteiger partial charge on any atom is -0.481 e. The number of aromatic nitrogens is 4. The van der Waals surface area contributed by atoms with E-state index < -0.39 is 23.9 Å². The highest BCUT2D eigenvalue weighted by molar-refractivity contribution is 14.1. The molecule has 34 heavy (non-hydrogen) atoms. The van der Waals surface area contributed by atoms with Crippen molar-refractivity contribution < 1.29 is 24.6 Å². The highest BCUT2D eigenvalue weighted by Crippen LogP contribution is 2.25. The molecule has 0 aliphatic heterocycles. The molecule has 7 N–H and O–H groups in total. The van der Waals surface area contributed by atoms with Crippen LogP contribution in [0.25, 0.3) is 11.2 Å². The predicted octanol–water partition coefficient (Wildman–Crippen LogP) is 0.873. The van der Waals surface area contributed by atoms with Crippen molar-refractivity contribution in [3.63, 3.8) is 0 Å². The van der Waals surface area contributed by atoms with Crippen LogP contribution in [-0.4, -0.2) is 61.1 Å². The number of nitrogens with two attached hydrogens (primary N) is 2. The average Bonchev–Trinajstić information content (AvgIpc) is 2.76. The van der Waals surface area contributed by atoms with Crippen molar-refractivity contribution in [1.29, 1.82) is 0 Å². The molecule has 13 nitrogen and oxygen atoms in total. The number of benzene rings is 1. The Hall–Kier alpha value is -3.82. The number of carbonyl (C=O) groups excluding carboxylic acids is 1. The van der Waals surface area contributed by atoms with Crippen molar-refractivity contribution in [1.82, 2.24) is 25.3 Å². The number of hydrogen-bond donors (Lipinski definition) is 5. The Bertz CT molecular complexity index is 1270. The first-order valence-corrected chi connectivity index (χ1v) is 10.9. The van der Waals surface area contributed by atoms with Gasteiger partial charge in [0, 0.05) is 22.6 Å². The van der Waals surface area contributed by atoms with Crippen molar-refractivity contribution in [2.24, 2.45) is 0 Å². The summed E-state index contributed by atoms with van der Waals surface area (Å²) in [5.41, 5.74) is 13.7. The highest BCUT2D eigenvalue weighted by atomic mass is 127. The lowest BCUT2D eigenvalue weighted by Crippen LogP contribution is -2.41. The topological polar surface area (TPSA) is 211 Å². The van der Waals surface area contributed by atoms with Crippen LogP contribution in [0.1, 0.15) is 28.9 Å². The van der Waals surface area contributed by atoms with E-state index in [9.17, 15) is 19.5 Å². The van der Waals surface area contributed by atoms with E-state index in [2.05, 4.69) is 47.8 Å². The number of carbonyl (C=O) groups is 3. The van der Waals surface area contributed by atoms with Crippen molar-refractivity contribution in [2.45, 2.75) is 25.4 Å². The summed E-state index contributed by atoms with van der Waals surface area (Å²) in [4.78, 5) is 53.1. The molecular formula is C20H21IN8O5. The molecule has 3 aromatic rings. The first-order valence-electron chi connectivity index (χ1n) is 9.86. The molecule has 0 aliphatic rings. The number of anilines is 3. The van der Waals surface area contributed by atoms with Gasteiger partial charge in [-0.05, 0) is 47.2 Å². The lowest BCUT2D eigenvalue weighted by atomic mass is 10.1. The second-order valence-corrected chi connectivity index (χ2v) is 8.48. The number of rotatable bonds is 9. The molecule has 0 saturated heterocycles. The van der Waals surface area contributed by atoms with E-state index in [0.717, 1.165) is 9.26 Å². The zero-order chi connectivity index (χ0) is 25.0. The molecule has 0 aliphatic carbocycles. The molecule has 3 rings (SSSR count). The fourth-order valence-electron chi connectivity index (χ4n) is 3.11. The number of nitrogen functional groups attached to an aromatic ring is 2. The first-order chi connectivity index (χ1) is 16.0. The standard InChI is InChI=1S/C20H21IN8O5/c1-29(8-10-7-24-17-15(25-10)16(22)27-20(23)28-17)13-4-2-9(6-11(13)21)18(32)26-12(19(33)34)3-5-14(30)31/h2,4,6-7,12H,3,5,8H2,1H3,(H,26,32)(H,30,31)(H,33,34)(H4,22,23,24,27,28). The number of hydrogen-bond acceptors (Lipinski definition) is 10. The van der Waals surface area contributed by atoms with Crippen LogP contribution in [0.3, 0.4) is 0 Å². The van der Waals surface area contributed by atoms with Crippen LogP contribution in [0.15, 0.2) is 24.4 Å². The van der Waals surface area contributed by atoms with E-state index in [1.54, 1.807) is 24.4 Å². The Balaban J connectivity index is 1.74. The molecule has 1 atom stereocenters. The number of fused-ring (bicyclic) bond motifs is 1. The van der Waals surface area contributed by atoms with E-state index in [1.807, 2.05) is 11.9 Å². The van der Waals surface area contributed by atoms with Gasteiger partial charge in [-0.15, -0.1) is 0 Å². The fraction of sp³-hybridized carbons (Fsp3) is 0.250. The molecule has 0 bridgehead atoms. The van der Waals surface area contributed by atoms with Crippen LogP contribution in [0.5, 0.6) is 0 Å². The van der Waals surface area contributed by atoms with Gasteiger partial charge in [0.2, 0.25) is 5.95 Å². The maximum atomic E-state index is 12.5. The van der Waals surface area contributed by atoms with E-state index in [1.165, 1.54) is 0 Å². The average molecular weight is 580 g/mol. The van der Waals surface area contributed by atoms with Crippen molar-refractivity contribution in [3.05, 3.63) is 39.2 Å². The zero-order valence-corrected chi connectivity index (χ0v) is 20.1. The van der Waals surface area contributed by atoms with Gasteiger partial charge in [-0.25, -0.2) is 14.8 Å². The molecule has 1 amide bonds. The van der Waals surface area contributed by atoms with Gasteiger partial charge < -0.3 is 31.9 Å². The Morgan fingerprint density at radius 2 is 1.91 bits per heavy atom. The Kier molecular flexibility index (Phi) is 7.60. The summed E-state index contributed by atoms with van der Waals surface area (Å²) in [5, 5.41) is 20.4. The number of carboxylic acids is 2. The van der Waals surface area contributed by atoms with Gasteiger partial charge in [0.05, 0.1) is 24.1 Å². The van der Waals surface area contributed by atoms with Gasteiger partial charge in [0.15, 0.2) is 17.0 Å². The number of amides is 1. The summed E-state index contributed by atoms with van der Waals surface area (Å²) in [7, 11) is 1.83. The molecule has 2 aromatic heterocycles. The third kappa shape index (κ3) is 5.94. The van der Waals surface area contributed by atoms with Gasteiger partial charge in [0.1, 0.15) is 6.04 Å². The predicted molar refractivity (Wildman–Crippen MR) is 131 cm³/mol. The van der Waals surface area contributed by atoms with Gasteiger partial charge in [0.25, 0.3) is 5.91 Å². The second-order valence-electron chi connectivity index (χ2n) is 7.32. The maximum Gasteiger partial charge on any atom is 0.326 e. The zero-order valence-electron chi connectivity index (χ0n) is 17.9. The van der Waals surface area contributed by atoms with Gasteiger partial charge >= 0.3 is 11.9 Å². The van der Waals surface area contributed by atoms with Gasteiger partial charge in [-0.1, -0.05) is 0 Å². The second kappa shape index (κ2) is 10.4. The Labute approximate surface area is 206 Å². The lowest BCUT2D eigenvalue weighted by molar-refractivity contribution is -0.140. The Morgan fingerprint density at radius 1 is 1.18 bits per heavy atom. The maximum absolute atomic E-state index is 12.5. The molecule has 1 aromatic carbocycles. The number of aliphatic carboxylic acids is 2. The minimum atomic E-state index is -1.30. The SMILES string of the molecule is CN(Cc1cnc2nc(N)nc(N)c2n1)c1ccc(C(=O)NC(CCC(=O)O)C(=O)O)cc1I. The molecule has 2 heterocycles. The number of nitrogens with one attached hydrogen (secondary N) is 1. The Morgan fingerprint density at radius 3 is 2.56 bits per heavy atom. The van der Waals surface area contributed by atoms with E-state index in [-0.39, 0.29) is 30.2 Å². The smallest absolute Gasteiger partial charge is 0.326 e. The summed E-state index contributed by atoms with van der Waals surface area (Å²) in [6.07, 6.45) is 0.965. The van der Waals surface area contributed by atoms with Crippen molar-refractivity contribution in [2.75, 3.05) is 23.4 Å². The third-order valence-corrected chi connectivity index (χ3v) is 5.64. The van der Waals surface area contributed by atoms with Crippen molar-refractivity contribution >= 4 is 69.1 Å². The molecule has 0 spiro atoms. The highest BCUT2D eigenvalue weighted by Gasteiger charge is 2.22. The molecular weight excluding hydrogens is 559 g/mol. The monoisotopic (exact) mass is 580 g/mol. The van der Waals surface area contributed by atoms with Crippen LogP contribution >= 0.6 is 22.6 Å². The molecule has 0 radical (unpaired) electrons.